The summed E-state index contributed by atoms with van der Waals surface area (Å²) in [6.45, 7) is 5.85. The molecule has 0 radical (unpaired) electrons. The molecule has 8 nitrogen and oxygen atoms in total. The van der Waals surface area contributed by atoms with E-state index < -0.39 is 4.92 Å². The molecule has 1 aromatic rings. The number of nitrogens with zero attached hydrogens (tertiary/aromatic N) is 4. The maximum atomic E-state index is 12.4. The number of piperazine rings is 1. The van der Waals surface area contributed by atoms with Crippen LogP contribution < -0.4 is 5.32 Å². The molecule has 0 atom stereocenters. The second-order valence-corrected chi connectivity index (χ2v) is 6.80. The number of hydrogen-bond acceptors (Lipinski definition) is 5. The lowest BCUT2D eigenvalue weighted by Crippen LogP contribution is -2.53. The molecule has 25 heavy (non-hydrogen) atoms. The highest BCUT2D eigenvalue weighted by molar-refractivity contribution is 5.89. The molecule has 2 fully saturated rings. The minimum atomic E-state index is -0.461. The van der Waals surface area contributed by atoms with Crippen molar-refractivity contribution in [2.45, 2.75) is 18.9 Å². The van der Waals surface area contributed by atoms with Crippen LogP contribution in [0.2, 0.25) is 0 Å². The number of carbonyl (C=O) groups excluding carboxylic acids is 1. The summed E-state index contributed by atoms with van der Waals surface area (Å²) in [4.78, 5) is 29.4. The van der Waals surface area contributed by atoms with E-state index in [4.69, 9.17) is 0 Å². The van der Waals surface area contributed by atoms with E-state index in [1.165, 1.54) is 12.1 Å². The Labute approximate surface area is 147 Å². The molecule has 3 rings (SSSR count). The number of nitro groups is 1. The Hall–Kier alpha value is -2.19. The Morgan fingerprint density at radius 2 is 1.84 bits per heavy atom. The fraction of sp³-hybridized carbons (Fsp3) is 0.588. The van der Waals surface area contributed by atoms with Gasteiger partial charge >= 0.3 is 6.03 Å². The van der Waals surface area contributed by atoms with Crippen molar-refractivity contribution in [3.8, 4) is 0 Å². The molecule has 0 aromatic heterocycles. The van der Waals surface area contributed by atoms with E-state index in [0.717, 1.165) is 52.1 Å². The van der Waals surface area contributed by atoms with Crippen LogP contribution in [0.3, 0.4) is 0 Å². The highest BCUT2D eigenvalue weighted by Crippen LogP contribution is 2.20. The van der Waals surface area contributed by atoms with Crippen LogP contribution >= 0.6 is 0 Å². The number of urea groups is 1. The van der Waals surface area contributed by atoms with E-state index in [-0.39, 0.29) is 11.7 Å². The second kappa shape index (κ2) is 7.79. The summed E-state index contributed by atoms with van der Waals surface area (Å²) in [5.74, 6) is 0. The van der Waals surface area contributed by atoms with Gasteiger partial charge in [-0.3, -0.25) is 15.0 Å². The molecule has 2 heterocycles. The third-order valence-electron chi connectivity index (χ3n) is 5.11. The molecule has 0 aliphatic carbocycles. The van der Waals surface area contributed by atoms with Gasteiger partial charge in [-0.2, -0.15) is 0 Å². The number of nitro benzene ring substituents is 1. The van der Waals surface area contributed by atoms with Gasteiger partial charge in [-0.1, -0.05) is 6.07 Å². The van der Waals surface area contributed by atoms with Gasteiger partial charge in [-0.25, -0.2) is 4.79 Å². The molecule has 0 bridgehead atoms. The summed E-state index contributed by atoms with van der Waals surface area (Å²) < 4.78 is 0. The van der Waals surface area contributed by atoms with E-state index >= 15 is 0 Å². The fourth-order valence-electron chi connectivity index (χ4n) is 3.52. The van der Waals surface area contributed by atoms with Gasteiger partial charge in [0.05, 0.1) is 4.92 Å². The van der Waals surface area contributed by atoms with Gasteiger partial charge in [0.1, 0.15) is 0 Å². The topological polar surface area (TPSA) is 82.0 Å². The zero-order valence-corrected chi connectivity index (χ0v) is 14.6. The van der Waals surface area contributed by atoms with Gasteiger partial charge in [0.25, 0.3) is 5.69 Å². The second-order valence-electron chi connectivity index (χ2n) is 6.80. The number of benzene rings is 1. The number of nitrogens with one attached hydrogen (secondary N) is 1. The number of amides is 2. The molecule has 2 amide bonds. The summed E-state index contributed by atoms with van der Waals surface area (Å²) in [5, 5.41) is 13.6. The zero-order valence-electron chi connectivity index (χ0n) is 14.6. The first-order valence-electron chi connectivity index (χ1n) is 8.76. The summed E-state index contributed by atoms with van der Waals surface area (Å²) in [6, 6.07) is 6.41. The molecule has 0 spiro atoms. The van der Waals surface area contributed by atoms with Crippen molar-refractivity contribution < 1.29 is 9.72 Å². The third kappa shape index (κ3) is 4.46. The number of hydrogen-bond donors (Lipinski definition) is 1. The Morgan fingerprint density at radius 3 is 2.48 bits per heavy atom. The number of carbonyl (C=O) groups is 1. The minimum Gasteiger partial charge on any atom is -0.324 e. The van der Waals surface area contributed by atoms with Crippen molar-refractivity contribution >= 4 is 17.4 Å². The van der Waals surface area contributed by atoms with Crippen LogP contribution in [-0.2, 0) is 0 Å². The summed E-state index contributed by atoms with van der Waals surface area (Å²) >= 11 is 0. The predicted molar refractivity (Wildman–Crippen MR) is 95.8 cm³/mol. The lowest BCUT2D eigenvalue weighted by molar-refractivity contribution is -0.384. The number of rotatable bonds is 3. The normalized spacial score (nSPS) is 20.4. The number of likely N-dealkylation sites (tertiary alicyclic amines) is 1. The molecule has 0 unspecified atom stereocenters. The van der Waals surface area contributed by atoms with Gasteiger partial charge < -0.3 is 15.1 Å². The monoisotopic (exact) mass is 347 g/mol. The van der Waals surface area contributed by atoms with E-state index in [2.05, 4.69) is 22.2 Å². The minimum absolute atomic E-state index is 0.0217. The van der Waals surface area contributed by atoms with Crippen LogP contribution in [0.25, 0.3) is 0 Å². The highest BCUT2D eigenvalue weighted by atomic mass is 16.6. The van der Waals surface area contributed by atoms with Gasteiger partial charge in [0.15, 0.2) is 0 Å². The molecule has 136 valence electrons. The highest BCUT2D eigenvalue weighted by Gasteiger charge is 2.28. The van der Waals surface area contributed by atoms with Gasteiger partial charge in [0.2, 0.25) is 0 Å². The Kier molecular flexibility index (Phi) is 5.50. The maximum absolute atomic E-state index is 12.4. The summed E-state index contributed by atoms with van der Waals surface area (Å²) in [6.07, 6.45) is 1.96. The van der Waals surface area contributed by atoms with E-state index in [1.54, 1.807) is 17.0 Å². The molecule has 2 aliphatic heterocycles. The number of non-ortho nitro benzene ring substituents is 1. The number of likely N-dealkylation sites (N-methyl/N-ethyl adjacent to an activating group) is 1. The molecule has 0 saturated carbocycles. The Bertz CT molecular complexity index is 622. The maximum Gasteiger partial charge on any atom is 0.321 e. The number of anilines is 1. The van der Waals surface area contributed by atoms with Crippen LogP contribution in [0.5, 0.6) is 0 Å². The third-order valence-corrected chi connectivity index (χ3v) is 5.11. The van der Waals surface area contributed by atoms with Crippen LogP contribution in [-0.4, -0.2) is 78.0 Å². The largest absolute Gasteiger partial charge is 0.324 e. The van der Waals surface area contributed by atoms with Crippen LogP contribution in [0.4, 0.5) is 16.2 Å². The quantitative estimate of drug-likeness (QED) is 0.666. The van der Waals surface area contributed by atoms with Crippen molar-refractivity contribution in [1.29, 1.82) is 0 Å². The average Bonchev–Trinajstić information content (AvgIpc) is 2.63. The standard InChI is InChI=1S/C17H25N5O3/c1-19-9-11-20(12-10-19)15-5-7-21(8-6-15)17(23)18-14-3-2-4-16(13-14)22(24)25/h2-4,13,15H,5-12H2,1H3,(H,18,23). The van der Waals surface area contributed by atoms with Gasteiger partial charge in [-0.05, 0) is 26.0 Å². The SMILES string of the molecule is CN1CCN(C2CCN(C(=O)Nc3cccc([N+](=O)[O-])c3)CC2)CC1. The Balaban J connectivity index is 1.50. The smallest absolute Gasteiger partial charge is 0.321 e. The molecule has 1 aromatic carbocycles. The summed E-state index contributed by atoms with van der Waals surface area (Å²) in [5.41, 5.74) is 0.437. The molecule has 2 saturated heterocycles. The lowest BCUT2D eigenvalue weighted by Gasteiger charge is -2.42. The van der Waals surface area contributed by atoms with Crippen LogP contribution in [0, 0.1) is 10.1 Å². The molecule has 2 aliphatic rings. The van der Waals surface area contributed by atoms with E-state index in [9.17, 15) is 14.9 Å². The molecular weight excluding hydrogens is 322 g/mol. The van der Waals surface area contributed by atoms with Crippen molar-refractivity contribution in [2.24, 2.45) is 0 Å². The zero-order chi connectivity index (χ0) is 17.8. The first-order chi connectivity index (χ1) is 12.0. The van der Waals surface area contributed by atoms with Crippen molar-refractivity contribution in [1.82, 2.24) is 14.7 Å². The van der Waals surface area contributed by atoms with E-state index in [0.29, 0.717) is 11.7 Å². The predicted octanol–water partition coefficient (Wildman–Crippen LogP) is 1.84. The first-order valence-corrected chi connectivity index (χ1v) is 8.76. The summed E-state index contributed by atoms with van der Waals surface area (Å²) in [7, 11) is 2.15. The van der Waals surface area contributed by atoms with Gasteiger partial charge in [-0.15, -0.1) is 0 Å². The fourth-order valence-corrected chi connectivity index (χ4v) is 3.52. The number of piperidine rings is 1. The molecule has 8 heteroatoms. The first kappa shape index (κ1) is 17.6. The van der Waals surface area contributed by atoms with Crippen molar-refractivity contribution in [3.63, 3.8) is 0 Å². The van der Waals surface area contributed by atoms with Crippen LogP contribution in [0.15, 0.2) is 24.3 Å². The average molecular weight is 347 g/mol. The van der Waals surface area contributed by atoms with Crippen molar-refractivity contribution in [2.75, 3.05) is 51.6 Å². The molecule has 1 N–H and O–H groups in total. The van der Waals surface area contributed by atoms with Crippen molar-refractivity contribution in [3.05, 3.63) is 34.4 Å². The van der Waals surface area contributed by atoms with Gasteiger partial charge in [0, 0.05) is 63.1 Å². The molecular formula is C17H25N5O3. The Morgan fingerprint density at radius 1 is 1.16 bits per heavy atom. The van der Waals surface area contributed by atoms with Crippen LogP contribution in [0.1, 0.15) is 12.8 Å². The van der Waals surface area contributed by atoms with E-state index in [1.807, 2.05) is 0 Å². The lowest BCUT2D eigenvalue weighted by atomic mass is 10.0.